The molecule has 2 atom stereocenters. The molecular weight excluding hydrogens is 352 g/mol. The minimum Gasteiger partial charge on any atom is -0.345 e. The molecule has 0 spiro atoms. The van der Waals surface area contributed by atoms with Gasteiger partial charge in [-0.15, -0.1) is 0 Å². The van der Waals surface area contributed by atoms with E-state index in [0.717, 1.165) is 16.5 Å². The number of nitrogens with one attached hydrogen (secondary N) is 1. The van der Waals surface area contributed by atoms with Gasteiger partial charge < -0.3 is 10.6 Å². The summed E-state index contributed by atoms with van der Waals surface area (Å²) >= 11 is 3.45. The lowest BCUT2D eigenvalue weighted by Gasteiger charge is -2.17. The zero-order chi connectivity index (χ0) is 16.7. The molecule has 2 aromatic rings. The molecule has 0 aliphatic rings. The number of hydrogen-bond acceptors (Lipinski definition) is 1. The van der Waals surface area contributed by atoms with Gasteiger partial charge in [0.25, 0.3) is 5.91 Å². The van der Waals surface area contributed by atoms with E-state index in [4.69, 9.17) is 0 Å². The zero-order valence-electron chi connectivity index (χ0n) is 13.6. The first kappa shape index (κ1) is 17.7. The molecule has 122 valence electrons. The van der Waals surface area contributed by atoms with E-state index in [1.165, 1.54) is 5.56 Å². The minimum atomic E-state index is 0.0323. The Balaban J connectivity index is 1.86. The van der Waals surface area contributed by atoms with Gasteiger partial charge in [-0.1, -0.05) is 65.3 Å². The number of quaternary nitrogens is 1. The molecule has 0 aliphatic heterocycles. The highest BCUT2D eigenvalue weighted by molar-refractivity contribution is 9.10. The molecule has 2 aromatic carbocycles. The number of amides is 1. The number of benzene rings is 2. The Morgan fingerprint density at radius 2 is 1.74 bits per heavy atom. The Kier molecular flexibility index (Phi) is 6.81. The van der Waals surface area contributed by atoms with Crippen LogP contribution in [0.15, 0.2) is 59.1 Å². The molecule has 23 heavy (non-hydrogen) atoms. The highest BCUT2D eigenvalue weighted by atomic mass is 79.9. The fourth-order valence-electron chi connectivity index (χ4n) is 2.62. The normalized spacial score (nSPS) is 13.3. The van der Waals surface area contributed by atoms with E-state index in [-0.39, 0.29) is 11.9 Å². The average molecular weight is 376 g/mol. The maximum absolute atomic E-state index is 12.2. The van der Waals surface area contributed by atoms with Gasteiger partial charge in [-0.2, -0.15) is 0 Å². The Morgan fingerprint density at radius 1 is 1.09 bits per heavy atom. The highest BCUT2D eigenvalue weighted by Gasteiger charge is 2.16. The van der Waals surface area contributed by atoms with E-state index >= 15 is 0 Å². The Labute approximate surface area is 146 Å². The van der Waals surface area contributed by atoms with E-state index in [1.807, 2.05) is 49.4 Å². The second-order valence-corrected chi connectivity index (χ2v) is 6.62. The van der Waals surface area contributed by atoms with Crippen LogP contribution in [0.3, 0.4) is 0 Å². The summed E-state index contributed by atoms with van der Waals surface area (Å²) in [5.74, 6) is 0.0666. The van der Waals surface area contributed by atoms with Gasteiger partial charge in [-0.25, -0.2) is 0 Å². The molecule has 0 radical (unpaired) electrons. The summed E-state index contributed by atoms with van der Waals surface area (Å²) in [6.45, 7) is 4.60. The molecule has 0 heterocycles. The van der Waals surface area contributed by atoms with Crippen LogP contribution in [0.4, 0.5) is 0 Å². The predicted octanol–water partition coefficient (Wildman–Crippen LogP) is 3.34. The fourth-order valence-corrected chi connectivity index (χ4v) is 2.89. The molecule has 3 nitrogen and oxygen atoms in total. The molecule has 0 aliphatic carbocycles. The Hall–Kier alpha value is -1.65. The topological polar surface area (TPSA) is 45.7 Å². The number of rotatable bonds is 7. The molecule has 1 amide bonds. The fraction of sp³-hybridized carbons (Fsp3) is 0.316. The maximum atomic E-state index is 12.2. The van der Waals surface area contributed by atoms with E-state index in [2.05, 4.69) is 45.6 Å². The van der Waals surface area contributed by atoms with Crippen molar-refractivity contribution < 1.29 is 10.1 Å². The standard InChI is InChI=1S/C19H23BrN2O/c1-3-18(16-9-11-17(20)12-10-16)21-13-19(23)22-14(2)15-7-5-4-6-8-15/h4-12,14,18,21H,3,13H2,1-2H3,(H,22,23)/p+1/t14-,18+/m0/s1. The lowest BCUT2D eigenvalue weighted by molar-refractivity contribution is -0.686. The lowest BCUT2D eigenvalue weighted by atomic mass is 10.0. The summed E-state index contributed by atoms with van der Waals surface area (Å²) < 4.78 is 1.07. The van der Waals surface area contributed by atoms with Crippen LogP contribution in [0.2, 0.25) is 0 Å². The summed E-state index contributed by atoms with van der Waals surface area (Å²) in [6, 6.07) is 18.7. The van der Waals surface area contributed by atoms with Crippen molar-refractivity contribution in [2.45, 2.75) is 32.4 Å². The van der Waals surface area contributed by atoms with Crippen molar-refractivity contribution in [1.29, 1.82) is 0 Å². The third-order valence-electron chi connectivity index (χ3n) is 4.00. The Morgan fingerprint density at radius 3 is 2.35 bits per heavy atom. The van der Waals surface area contributed by atoms with Gasteiger partial charge in [0.2, 0.25) is 0 Å². The van der Waals surface area contributed by atoms with Crippen LogP contribution >= 0.6 is 15.9 Å². The molecular formula is C19H24BrN2O+. The van der Waals surface area contributed by atoms with Crippen LogP contribution in [0, 0.1) is 0 Å². The van der Waals surface area contributed by atoms with E-state index in [0.29, 0.717) is 12.6 Å². The van der Waals surface area contributed by atoms with Gasteiger partial charge in [0, 0.05) is 16.5 Å². The quantitative estimate of drug-likeness (QED) is 0.765. The number of halogens is 1. The van der Waals surface area contributed by atoms with Crippen molar-refractivity contribution >= 4 is 21.8 Å². The van der Waals surface area contributed by atoms with Gasteiger partial charge in [0.05, 0.1) is 6.04 Å². The smallest absolute Gasteiger partial charge is 0.275 e. The van der Waals surface area contributed by atoms with Crippen molar-refractivity contribution in [3.8, 4) is 0 Å². The third-order valence-corrected chi connectivity index (χ3v) is 4.53. The van der Waals surface area contributed by atoms with Crippen LogP contribution < -0.4 is 10.6 Å². The molecule has 3 N–H and O–H groups in total. The average Bonchev–Trinajstić information content (AvgIpc) is 2.57. The molecule has 0 aromatic heterocycles. The first-order valence-electron chi connectivity index (χ1n) is 8.03. The first-order valence-corrected chi connectivity index (χ1v) is 8.82. The highest BCUT2D eigenvalue weighted by Crippen LogP contribution is 2.16. The molecule has 0 fully saturated rings. The van der Waals surface area contributed by atoms with Crippen LogP contribution in [-0.4, -0.2) is 12.5 Å². The minimum absolute atomic E-state index is 0.0323. The molecule has 0 saturated heterocycles. The summed E-state index contributed by atoms with van der Waals surface area (Å²) in [4.78, 5) is 12.2. The number of carbonyl (C=O) groups excluding carboxylic acids is 1. The van der Waals surface area contributed by atoms with Gasteiger partial charge in [0.15, 0.2) is 6.54 Å². The van der Waals surface area contributed by atoms with Crippen LogP contribution in [0.1, 0.15) is 43.5 Å². The molecule has 0 saturated carbocycles. The van der Waals surface area contributed by atoms with Gasteiger partial charge >= 0.3 is 0 Å². The Bertz CT molecular complexity index is 613. The lowest BCUT2D eigenvalue weighted by Crippen LogP contribution is -2.87. The third kappa shape index (κ3) is 5.48. The van der Waals surface area contributed by atoms with Crippen LogP contribution in [0.5, 0.6) is 0 Å². The second-order valence-electron chi connectivity index (χ2n) is 5.71. The van der Waals surface area contributed by atoms with Gasteiger partial charge in [-0.3, -0.25) is 4.79 Å². The molecule has 4 heteroatoms. The van der Waals surface area contributed by atoms with Gasteiger partial charge in [0.1, 0.15) is 6.04 Å². The first-order chi connectivity index (χ1) is 11.1. The van der Waals surface area contributed by atoms with Crippen LogP contribution in [0.25, 0.3) is 0 Å². The predicted molar refractivity (Wildman–Crippen MR) is 97.0 cm³/mol. The number of hydrogen-bond donors (Lipinski definition) is 2. The van der Waals surface area contributed by atoms with Crippen LogP contribution in [-0.2, 0) is 4.79 Å². The second kappa shape index (κ2) is 8.85. The maximum Gasteiger partial charge on any atom is 0.275 e. The van der Waals surface area contributed by atoms with E-state index in [9.17, 15) is 4.79 Å². The van der Waals surface area contributed by atoms with Gasteiger partial charge in [-0.05, 0) is 24.6 Å². The van der Waals surface area contributed by atoms with Crippen molar-refractivity contribution in [1.82, 2.24) is 5.32 Å². The summed E-state index contributed by atoms with van der Waals surface area (Å²) in [7, 11) is 0. The van der Waals surface area contributed by atoms with Crippen molar-refractivity contribution in [3.05, 3.63) is 70.2 Å². The number of carbonyl (C=O) groups is 1. The number of nitrogens with two attached hydrogens (primary N) is 1. The summed E-state index contributed by atoms with van der Waals surface area (Å²) in [5, 5.41) is 5.17. The SMILES string of the molecule is CC[C@@H]([NH2+]CC(=O)N[C@@H](C)c1ccccc1)c1ccc(Br)cc1. The summed E-state index contributed by atoms with van der Waals surface area (Å²) in [5.41, 5.74) is 2.38. The van der Waals surface area contributed by atoms with Crippen molar-refractivity contribution in [2.24, 2.45) is 0 Å². The molecule has 0 unspecified atom stereocenters. The monoisotopic (exact) mass is 375 g/mol. The molecule has 0 bridgehead atoms. The van der Waals surface area contributed by atoms with Crippen molar-refractivity contribution in [3.63, 3.8) is 0 Å². The van der Waals surface area contributed by atoms with Crippen molar-refractivity contribution in [2.75, 3.05) is 6.54 Å². The molecule has 2 rings (SSSR count). The largest absolute Gasteiger partial charge is 0.345 e. The van der Waals surface area contributed by atoms with E-state index < -0.39 is 0 Å². The summed E-state index contributed by atoms with van der Waals surface area (Å²) in [6.07, 6.45) is 0.989. The zero-order valence-corrected chi connectivity index (χ0v) is 15.2. The van der Waals surface area contributed by atoms with E-state index in [1.54, 1.807) is 0 Å².